The van der Waals surface area contributed by atoms with Gasteiger partial charge in [-0.3, -0.25) is 10.1 Å². The highest BCUT2D eigenvalue weighted by molar-refractivity contribution is 5.64. The van der Waals surface area contributed by atoms with Crippen molar-refractivity contribution >= 4 is 11.4 Å². The first kappa shape index (κ1) is 17.4. The predicted octanol–water partition coefficient (Wildman–Crippen LogP) is -1.18. The fourth-order valence-corrected chi connectivity index (χ4v) is 2.29. The van der Waals surface area contributed by atoms with Gasteiger partial charge in [-0.25, -0.2) is 0 Å². The van der Waals surface area contributed by atoms with Gasteiger partial charge in [0.25, 0.3) is 5.69 Å². The number of nitrogens with zero attached hydrogens (tertiary/aromatic N) is 1. The lowest BCUT2D eigenvalue weighted by atomic mass is 9.98. The van der Waals surface area contributed by atoms with Crippen LogP contribution in [0, 0.1) is 10.1 Å². The normalized spacial score (nSPS) is 30.7. The average Bonchev–Trinajstić information content (AvgIpc) is 2.55. The summed E-state index contributed by atoms with van der Waals surface area (Å²) < 4.78 is 10.2. The minimum atomic E-state index is -1.57. The lowest BCUT2D eigenvalue weighted by molar-refractivity contribution is -0.384. The van der Waals surface area contributed by atoms with Crippen molar-refractivity contribution in [2.75, 3.05) is 19.0 Å². The third-order valence-corrected chi connectivity index (χ3v) is 3.59. The second-order valence-electron chi connectivity index (χ2n) is 5.03. The summed E-state index contributed by atoms with van der Waals surface area (Å²) in [6.45, 7) is -0.589. The maximum absolute atomic E-state index is 11.1. The predicted molar refractivity (Wildman–Crippen MR) is 77.0 cm³/mol. The molecule has 2 rings (SSSR count). The number of aliphatic hydroxyl groups excluding tert-OH is 4. The molecule has 0 aliphatic carbocycles. The Bertz CT molecular complexity index is 567. The number of nitro groups is 1. The molecule has 23 heavy (non-hydrogen) atoms. The van der Waals surface area contributed by atoms with Crippen LogP contribution in [0.1, 0.15) is 0 Å². The van der Waals surface area contributed by atoms with Gasteiger partial charge in [0.2, 0.25) is 0 Å². The van der Waals surface area contributed by atoms with Gasteiger partial charge in [0.05, 0.1) is 24.7 Å². The molecule has 1 fully saturated rings. The SMILES string of the molecule is COc1ccc(N[C@@H]2O[C@@H](CO)[C@@H](O)[C@@H](O)[C@H]2O)c([N+](=O)[O-])c1. The van der Waals surface area contributed by atoms with Crippen LogP contribution in [0.3, 0.4) is 0 Å². The highest BCUT2D eigenvalue weighted by Crippen LogP contribution is 2.31. The topological polar surface area (TPSA) is 155 Å². The molecule has 0 amide bonds. The monoisotopic (exact) mass is 330 g/mol. The lowest BCUT2D eigenvalue weighted by Gasteiger charge is -2.40. The van der Waals surface area contributed by atoms with Gasteiger partial charge in [-0.1, -0.05) is 0 Å². The van der Waals surface area contributed by atoms with Gasteiger partial charge in [-0.05, 0) is 12.1 Å². The van der Waals surface area contributed by atoms with E-state index in [-0.39, 0.29) is 17.1 Å². The second-order valence-corrected chi connectivity index (χ2v) is 5.03. The first-order valence-electron chi connectivity index (χ1n) is 6.78. The molecule has 5 atom stereocenters. The van der Waals surface area contributed by atoms with Crippen molar-refractivity contribution in [3.8, 4) is 5.75 Å². The molecule has 10 heteroatoms. The molecule has 1 saturated heterocycles. The fraction of sp³-hybridized carbons (Fsp3) is 0.538. The molecule has 10 nitrogen and oxygen atoms in total. The van der Waals surface area contributed by atoms with Crippen molar-refractivity contribution in [3.63, 3.8) is 0 Å². The van der Waals surface area contributed by atoms with Crippen LogP contribution in [0.4, 0.5) is 11.4 Å². The zero-order valence-corrected chi connectivity index (χ0v) is 12.2. The Morgan fingerprint density at radius 1 is 1.30 bits per heavy atom. The smallest absolute Gasteiger partial charge is 0.296 e. The number of benzene rings is 1. The zero-order chi connectivity index (χ0) is 17.1. The maximum Gasteiger partial charge on any atom is 0.296 e. The quantitative estimate of drug-likeness (QED) is 0.331. The number of hydrogen-bond donors (Lipinski definition) is 5. The first-order valence-corrected chi connectivity index (χ1v) is 6.78. The number of anilines is 1. The van der Waals surface area contributed by atoms with Crippen LogP contribution in [-0.4, -0.2) is 69.7 Å². The summed E-state index contributed by atoms with van der Waals surface area (Å²) in [6.07, 6.45) is -6.98. The Hall–Kier alpha value is -1.98. The van der Waals surface area contributed by atoms with E-state index >= 15 is 0 Å². The highest BCUT2D eigenvalue weighted by atomic mass is 16.6. The van der Waals surface area contributed by atoms with Crippen LogP contribution in [-0.2, 0) is 4.74 Å². The molecular weight excluding hydrogens is 312 g/mol. The van der Waals surface area contributed by atoms with E-state index in [0.29, 0.717) is 0 Å². The van der Waals surface area contributed by atoms with Crippen molar-refractivity contribution in [3.05, 3.63) is 28.3 Å². The number of hydrogen-bond acceptors (Lipinski definition) is 9. The molecule has 0 saturated carbocycles. The van der Waals surface area contributed by atoms with Gasteiger partial charge in [0.15, 0.2) is 6.23 Å². The summed E-state index contributed by atoms with van der Waals surface area (Å²) in [7, 11) is 1.36. The van der Waals surface area contributed by atoms with Crippen molar-refractivity contribution in [1.82, 2.24) is 0 Å². The number of nitrogens with one attached hydrogen (secondary N) is 1. The van der Waals surface area contributed by atoms with Crippen LogP contribution in [0.25, 0.3) is 0 Å². The standard InChI is InChI=1S/C13H18N2O8/c1-22-6-2-3-7(8(4-6)15(20)21)14-13-12(19)11(18)10(17)9(5-16)23-13/h2-4,9-14,16-19H,5H2,1H3/t9-,10+,11+,12+,13+/m0/s1. The lowest BCUT2D eigenvalue weighted by Crippen LogP contribution is -2.60. The summed E-state index contributed by atoms with van der Waals surface area (Å²) >= 11 is 0. The summed E-state index contributed by atoms with van der Waals surface area (Å²) in [5.41, 5.74) is -0.290. The average molecular weight is 330 g/mol. The molecule has 0 radical (unpaired) electrons. The Labute approximate surface area is 131 Å². The molecule has 1 aromatic carbocycles. The van der Waals surface area contributed by atoms with E-state index < -0.39 is 42.2 Å². The molecule has 0 bridgehead atoms. The Kier molecular flexibility index (Phi) is 5.34. The van der Waals surface area contributed by atoms with Crippen LogP contribution >= 0.6 is 0 Å². The van der Waals surface area contributed by atoms with E-state index in [1.54, 1.807) is 0 Å². The summed E-state index contributed by atoms with van der Waals surface area (Å²) in [4.78, 5) is 10.5. The molecule has 128 valence electrons. The number of methoxy groups -OCH3 is 1. The fourth-order valence-electron chi connectivity index (χ4n) is 2.29. The Morgan fingerprint density at radius 3 is 2.57 bits per heavy atom. The van der Waals surface area contributed by atoms with E-state index in [1.807, 2.05) is 0 Å². The van der Waals surface area contributed by atoms with Gasteiger partial charge >= 0.3 is 0 Å². The van der Waals surface area contributed by atoms with Gasteiger partial charge in [-0.15, -0.1) is 0 Å². The molecule has 1 aliphatic rings. The van der Waals surface area contributed by atoms with Gasteiger partial charge < -0.3 is 35.2 Å². The molecule has 0 aromatic heterocycles. The first-order chi connectivity index (χ1) is 10.9. The van der Waals surface area contributed by atoms with Crippen LogP contribution in [0.15, 0.2) is 18.2 Å². The molecule has 0 unspecified atom stereocenters. The summed E-state index contributed by atoms with van der Waals surface area (Å²) in [5.74, 6) is 0.274. The second kappa shape index (κ2) is 7.06. The molecule has 1 aromatic rings. The van der Waals surface area contributed by atoms with Gasteiger partial charge in [-0.2, -0.15) is 0 Å². The third-order valence-electron chi connectivity index (χ3n) is 3.59. The summed E-state index contributed by atoms with van der Waals surface area (Å²) in [6, 6.07) is 4.02. The Morgan fingerprint density at radius 2 is 2.00 bits per heavy atom. The number of nitro benzene ring substituents is 1. The van der Waals surface area contributed by atoms with E-state index in [1.165, 1.54) is 25.3 Å². The Balaban J connectivity index is 2.25. The van der Waals surface area contributed by atoms with Crippen LogP contribution < -0.4 is 10.1 Å². The van der Waals surface area contributed by atoms with Crippen LogP contribution in [0.2, 0.25) is 0 Å². The van der Waals surface area contributed by atoms with Crippen molar-refractivity contribution in [1.29, 1.82) is 0 Å². The minimum Gasteiger partial charge on any atom is -0.496 e. The molecule has 1 heterocycles. The van der Waals surface area contributed by atoms with Gasteiger partial charge in [0.1, 0.15) is 35.9 Å². The zero-order valence-electron chi connectivity index (χ0n) is 12.2. The van der Waals surface area contributed by atoms with E-state index in [4.69, 9.17) is 14.6 Å². The number of aliphatic hydroxyl groups is 4. The highest BCUT2D eigenvalue weighted by Gasteiger charge is 2.43. The number of ether oxygens (including phenoxy) is 2. The molecule has 0 spiro atoms. The van der Waals surface area contributed by atoms with Crippen LogP contribution in [0.5, 0.6) is 5.75 Å². The van der Waals surface area contributed by atoms with E-state index in [2.05, 4.69) is 5.32 Å². The maximum atomic E-state index is 11.1. The third kappa shape index (κ3) is 3.51. The molecule has 1 aliphatic heterocycles. The molecule has 5 N–H and O–H groups in total. The summed E-state index contributed by atoms with van der Waals surface area (Å²) in [5, 5.41) is 52.2. The van der Waals surface area contributed by atoms with Crippen molar-refractivity contribution in [2.45, 2.75) is 30.6 Å². The van der Waals surface area contributed by atoms with E-state index in [0.717, 1.165) is 0 Å². The largest absolute Gasteiger partial charge is 0.496 e. The van der Waals surface area contributed by atoms with E-state index in [9.17, 15) is 25.4 Å². The van der Waals surface area contributed by atoms with Crippen molar-refractivity contribution < 1.29 is 34.8 Å². The van der Waals surface area contributed by atoms with Crippen molar-refractivity contribution in [2.24, 2.45) is 0 Å². The van der Waals surface area contributed by atoms with Gasteiger partial charge in [0, 0.05) is 0 Å². The molecular formula is C13H18N2O8. The number of rotatable bonds is 5. The minimum absolute atomic E-state index is 0.0279.